The number of carbonyl (C=O) groups is 2. The number of nitrogens with zero attached hydrogens (tertiary/aromatic N) is 4. The maximum atomic E-state index is 13.9. The van der Waals surface area contributed by atoms with Gasteiger partial charge < -0.3 is 9.13 Å². The molecule has 0 saturated heterocycles. The molecule has 0 fully saturated rings. The van der Waals surface area contributed by atoms with Gasteiger partial charge in [0.2, 0.25) is 0 Å². The van der Waals surface area contributed by atoms with E-state index in [2.05, 4.69) is 4.98 Å². The summed E-state index contributed by atoms with van der Waals surface area (Å²) in [6, 6.07) is 18.3. The van der Waals surface area contributed by atoms with E-state index in [0.717, 1.165) is 21.8 Å². The van der Waals surface area contributed by atoms with Gasteiger partial charge in [-0.2, -0.15) is 0 Å². The van der Waals surface area contributed by atoms with Crippen LogP contribution in [0.25, 0.3) is 33.1 Å². The number of imide groups is 1. The molecule has 6 nitrogen and oxygen atoms in total. The van der Waals surface area contributed by atoms with Crippen LogP contribution in [-0.4, -0.2) is 25.9 Å². The number of aromatic nitrogens is 3. The predicted octanol–water partition coefficient (Wildman–Crippen LogP) is 5.12. The van der Waals surface area contributed by atoms with Crippen LogP contribution in [0, 0.1) is 0 Å². The lowest BCUT2D eigenvalue weighted by atomic mass is 10.0. The summed E-state index contributed by atoms with van der Waals surface area (Å²) < 4.78 is 3.71. The van der Waals surface area contributed by atoms with Gasteiger partial charge in [0.25, 0.3) is 11.8 Å². The van der Waals surface area contributed by atoms with E-state index in [1.807, 2.05) is 66.3 Å². The van der Waals surface area contributed by atoms with E-state index in [0.29, 0.717) is 27.5 Å². The van der Waals surface area contributed by atoms with Crippen LogP contribution in [0.3, 0.4) is 0 Å². The Bertz CT molecular complexity index is 1630. The van der Waals surface area contributed by atoms with Crippen molar-refractivity contribution in [3.8, 4) is 0 Å². The van der Waals surface area contributed by atoms with Crippen molar-refractivity contribution in [1.29, 1.82) is 0 Å². The normalized spacial score (nSPS) is 14.3. The highest BCUT2D eigenvalue weighted by atomic mass is 35.5. The monoisotopic (exact) mass is 452 g/mol. The molecule has 0 radical (unpaired) electrons. The molecule has 2 amide bonds. The van der Waals surface area contributed by atoms with Crippen molar-refractivity contribution >= 4 is 62.2 Å². The molecule has 0 bridgehead atoms. The average Bonchev–Trinajstić information content (AvgIpc) is 3.46. The van der Waals surface area contributed by atoms with E-state index < -0.39 is 0 Å². The molecule has 1 aliphatic heterocycles. The Morgan fingerprint density at radius 3 is 2.55 bits per heavy atom. The molecule has 33 heavy (non-hydrogen) atoms. The number of fused-ring (bicyclic) bond motifs is 2. The number of amides is 2. The molecule has 4 heterocycles. The van der Waals surface area contributed by atoms with Crippen LogP contribution in [0.1, 0.15) is 5.56 Å². The molecule has 0 saturated carbocycles. The lowest BCUT2D eigenvalue weighted by molar-refractivity contribution is -0.119. The third-order valence-corrected chi connectivity index (χ3v) is 6.26. The van der Waals surface area contributed by atoms with Crippen molar-refractivity contribution in [3.63, 3.8) is 0 Å². The van der Waals surface area contributed by atoms with Gasteiger partial charge in [-0.3, -0.25) is 14.6 Å². The first-order valence-electron chi connectivity index (χ1n) is 10.4. The predicted molar refractivity (Wildman–Crippen MR) is 130 cm³/mol. The minimum absolute atomic E-state index is 0.303. The fourth-order valence-electron chi connectivity index (χ4n) is 4.54. The smallest absolute Gasteiger partial charge is 0.283 e. The second kappa shape index (κ2) is 7.18. The molecule has 0 N–H and O–H groups in total. The van der Waals surface area contributed by atoms with Gasteiger partial charge in [0.05, 0.1) is 16.8 Å². The molecule has 160 valence electrons. The summed E-state index contributed by atoms with van der Waals surface area (Å²) in [6.07, 6.45) is 7.09. The van der Waals surface area contributed by atoms with Gasteiger partial charge in [0, 0.05) is 58.7 Å². The summed E-state index contributed by atoms with van der Waals surface area (Å²) in [5.41, 5.74) is 3.55. The lowest BCUT2D eigenvalue weighted by Crippen LogP contribution is -2.31. The SMILES string of the molecule is Cn1cc(C2=C(n3ccc4cnccc43)C(=O)N(c3ccccc3)C2=O)c2cc(Cl)ccc21. The third kappa shape index (κ3) is 2.84. The summed E-state index contributed by atoms with van der Waals surface area (Å²) in [4.78, 5) is 33.1. The van der Waals surface area contributed by atoms with Crippen molar-refractivity contribution in [3.05, 3.63) is 96.0 Å². The fraction of sp³-hybridized carbons (Fsp3) is 0.0385. The van der Waals surface area contributed by atoms with Gasteiger partial charge in [0.1, 0.15) is 5.70 Å². The number of aryl methyl sites for hydroxylation is 1. The van der Waals surface area contributed by atoms with Crippen molar-refractivity contribution in [2.75, 3.05) is 4.90 Å². The molecule has 3 aromatic heterocycles. The van der Waals surface area contributed by atoms with E-state index in [9.17, 15) is 9.59 Å². The Labute approximate surface area is 193 Å². The number of benzene rings is 2. The number of anilines is 1. The van der Waals surface area contributed by atoms with Crippen molar-refractivity contribution < 1.29 is 9.59 Å². The quantitative estimate of drug-likeness (QED) is 0.357. The Hall–Kier alpha value is -4.16. The largest absolute Gasteiger partial charge is 0.350 e. The zero-order valence-electron chi connectivity index (χ0n) is 17.6. The first-order valence-corrected chi connectivity index (χ1v) is 10.8. The molecule has 0 atom stereocenters. The van der Waals surface area contributed by atoms with Gasteiger partial charge in [-0.25, -0.2) is 4.90 Å². The maximum absolute atomic E-state index is 13.9. The van der Waals surface area contributed by atoms with Gasteiger partial charge in [0.15, 0.2) is 0 Å². The molecule has 7 heteroatoms. The van der Waals surface area contributed by atoms with E-state index in [1.165, 1.54) is 4.90 Å². The van der Waals surface area contributed by atoms with Crippen LogP contribution in [0.4, 0.5) is 5.69 Å². The van der Waals surface area contributed by atoms with E-state index >= 15 is 0 Å². The van der Waals surface area contributed by atoms with Crippen LogP contribution in [-0.2, 0) is 16.6 Å². The summed E-state index contributed by atoms with van der Waals surface area (Å²) in [5.74, 6) is -0.751. The summed E-state index contributed by atoms with van der Waals surface area (Å²) >= 11 is 6.31. The number of hydrogen-bond acceptors (Lipinski definition) is 3. The number of para-hydroxylation sites is 1. The molecule has 6 rings (SSSR count). The molecule has 5 aromatic rings. The van der Waals surface area contributed by atoms with Gasteiger partial charge >= 0.3 is 0 Å². The van der Waals surface area contributed by atoms with E-state index in [1.54, 1.807) is 35.3 Å². The minimum atomic E-state index is -0.380. The zero-order chi connectivity index (χ0) is 22.7. The second-order valence-corrected chi connectivity index (χ2v) is 8.38. The third-order valence-electron chi connectivity index (χ3n) is 6.03. The summed E-state index contributed by atoms with van der Waals surface area (Å²) in [7, 11) is 1.91. The van der Waals surface area contributed by atoms with Crippen LogP contribution >= 0.6 is 11.6 Å². The average molecular weight is 453 g/mol. The number of halogens is 1. The van der Waals surface area contributed by atoms with Gasteiger partial charge in [-0.1, -0.05) is 29.8 Å². The molecule has 2 aromatic carbocycles. The Balaban J connectivity index is 1.68. The number of rotatable bonds is 3. The minimum Gasteiger partial charge on any atom is -0.350 e. The van der Waals surface area contributed by atoms with Crippen LogP contribution < -0.4 is 4.90 Å². The van der Waals surface area contributed by atoms with E-state index in [-0.39, 0.29) is 11.8 Å². The maximum Gasteiger partial charge on any atom is 0.283 e. The van der Waals surface area contributed by atoms with Crippen molar-refractivity contribution in [2.24, 2.45) is 7.05 Å². The molecule has 0 spiro atoms. The van der Waals surface area contributed by atoms with Gasteiger partial charge in [-0.05, 0) is 42.5 Å². The van der Waals surface area contributed by atoms with Crippen molar-refractivity contribution in [2.45, 2.75) is 0 Å². The fourth-order valence-corrected chi connectivity index (χ4v) is 4.71. The molecular weight excluding hydrogens is 436 g/mol. The van der Waals surface area contributed by atoms with Gasteiger partial charge in [-0.15, -0.1) is 0 Å². The molecule has 1 aliphatic rings. The first-order chi connectivity index (χ1) is 16.0. The van der Waals surface area contributed by atoms with Crippen LogP contribution in [0.2, 0.25) is 5.02 Å². The topological polar surface area (TPSA) is 60.1 Å². The highest BCUT2D eigenvalue weighted by molar-refractivity contribution is 6.55. The standard InChI is InChI=1S/C26H17ClN4O2/c1-29-15-20(19-13-17(27)7-8-22(19)29)23-24(30-12-10-16-14-28-11-9-21(16)30)26(33)31(25(23)32)18-5-3-2-4-6-18/h2-15H,1H3. The second-order valence-electron chi connectivity index (χ2n) is 7.94. The molecule has 0 unspecified atom stereocenters. The molecule has 0 aliphatic carbocycles. The molecular formula is C26H17ClN4O2. The van der Waals surface area contributed by atoms with Crippen LogP contribution in [0.5, 0.6) is 0 Å². The Kier molecular flexibility index (Phi) is 4.25. The number of hydrogen-bond donors (Lipinski definition) is 0. The van der Waals surface area contributed by atoms with E-state index in [4.69, 9.17) is 11.6 Å². The Morgan fingerprint density at radius 2 is 1.73 bits per heavy atom. The summed E-state index contributed by atoms with van der Waals surface area (Å²) in [6.45, 7) is 0. The zero-order valence-corrected chi connectivity index (χ0v) is 18.3. The Morgan fingerprint density at radius 1 is 0.909 bits per heavy atom. The number of carbonyl (C=O) groups excluding carboxylic acids is 2. The summed E-state index contributed by atoms with van der Waals surface area (Å²) in [5, 5.41) is 2.25. The lowest BCUT2D eigenvalue weighted by Gasteiger charge is -2.15. The van der Waals surface area contributed by atoms with Crippen LogP contribution in [0.15, 0.2) is 85.5 Å². The first kappa shape index (κ1) is 19.5. The highest BCUT2D eigenvalue weighted by Crippen LogP contribution is 2.40. The van der Waals surface area contributed by atoms with Crippen molar-refractivity contribution in [1.82, 2.24) is 14.1 Å². The number of pyridine rings is 1. The highest BCUT2D eigenvalue weighted by Gasteiger charge is 2.42.